The monoisotopic (exact) mass is 512 g/mol. The van der Waals surface area contributed by atoms with Gasteiger partial charge in [-0.15, -0.1) is 0 Å². The molecule has 0 atom stereocenters. The third-order valence-electron chi connectivity index (χ3n) is 7.72. The standard InChI is InChI=1S/C38H24O2/c1-3-9-25(10-4-1)27-13-7-15-29(21-27)31-17-19-33-35(23-31)39-38-37(33)34-20-18-32(24-36(34)40-38)30-16-8-14-28(22-30)26-11-5-2-6-12-26/h1-24H. The second kappa shape index (κ2) is 9.14. The molecule has 40 heavy (non-hydrogen) atoms. The van der Waals surface area contributed by atoms with Crippen molar-refractivity contribution in [3.05, 3.63) is 146 Å². The summed E-state index contributed by atoms with van der Waals surface area (Å²) in [5.41, 5.74) is 11.0. The molecule has 188 valence electrons. The fourth-order valence-electron chi connectivity index (χ4n) is 5.69. The number of fused-ring (bicyclic) bond motifs is 5. The van der Waals surface area contributed by atoms with Crippen molar-refractivity contribution in [2.75, 3.05) is 0 Å². The van der Waals surface area contributed by atoms with Crippen molar-refractivity contribution < 1.29 is 8.83 Å². The number of furan rings is 2. The molecule has 0 bridgehead atoms. The molecule has 8 aromatic rings. The van der Waals surface area contributed by atoms with Crippen LogP contribution in [-0.4, -0.2) is 0 Å². The summed E-state index contributed by atoms with van der Waals surface area (Å²) in [6.07, 6.45) is 0. The van der Waals surface area contributed by atoms with Gasteiger partial charge < -0.3 is 8.83 Å². The molecule has 6 aromatic carbocycles. The predicted octanol–water partition coefficient (Wildman–Crippen LogP) is 11.0. The second-order valence-corrected chi connectivity index (χ2v) is 10.2. The summed E-state index contributed by atoms with van der Waals surface area (Å²) in [6.45, 7) is 0. The number of hydrogen-bond acceptors (Lipinski definition) is 2. The normalized spacial score (nSPS) is 11.5. The molecule has 2 heterocycles. The number of rotatable bonds is 4. The first-order valence-electron chi connectivity index (χ1n) is 13.5. The molecule has 2 heteroatoms. The van der Waals surface area contributed by atoms with Gasteiger partial charge in [-0.2, -0.15) is 0 Å². The Bertz CT molecular complexity index is 2000. The maximum Gasteiger partial charge on any atom is 0.299 e. The Morgan fingerprint density at radius 2 is 0.675 bits per heavy atom. The molecule has 0 saturated heterocycles. The van der Waals surface area contributed by atoms with Gasteiger partial charge >= 0.3 is 0 Å². The van der Waals surface area contributed by atoms with E-state index in [4.69, 9.17) is 8.83 Å². The van der Waals surface area contributed by atoms with E-state index in [0.717, 1.165) is 49.6 Å². The van der Waals surface area contributed by atoms with Crippen LogP contribution in [0.5, 0.6) is 0 Å². The minimum Gasteiger partial charge on any atom is -0.425 e. The smallest absolute Gasteiger partial charge is 0.299 e. The second-order valence-electron chi connectivity index (χ2n) is 10.2. The van der Waals surface area contributed by atoms with E-state index >= 15 is 0 Å². The zero-order valence-electron chi connectivity index (χ0n) is 21.7. The Morgan fingerprint density at radius 3 is 1.12 bits per heavy atom. The van der Waals surface area contributed by atoms with Gasteiger partial charge in [0, 0.05) is 10.8 Å². The Hall–Kier alpha value is -5.34. The van der Waals surface area contributed by atoms with Crippen molar-refractivity contribution in [2.24, 2.45) is 0 Å². The van der Waals surface area contributed by atoms with E-state index in [9.17, 15) is 0 Å². The zero-order valence-corrected chi connectivity index (χ0v) is 21.7. The van der Waals surface area contributed by atoms with Gasteiger partial charge in [0.1, 0.15) is 11.2 Å². The lowest BCUT2D eigenvalue weighted by Gasteiger charge is -2.07. The Kier molecular flexibility index (Phi) is 5.17. The number of benzene rings is 6. The highest BCUT2D eigenvalue weighted by molar-refractivity contribution is 6.18. The first kappa shape index (κ1) is 22.6. The third-order valence-corrected chi connectivity index (χ3v) is 7.72. The van der Waals surface area contributed by atoms with Crippen molar-refractivity contribution >= 4 is 33.1 Å². The average Bonchev–Trinajstić information content (AvgIpc) is 3.57. The summed E-state index contributed by atoms with van der Waals surface area (Å²) in [6, 6.07) is 51.1. The summed E-state index contributed by atoms with van der Waals surface area (Å²) in [4.78, 5) is 0. The van der Waals surface area contributed by atoms with Crippen molar-refractivity contribution in [3.8, 4) is 44.5 Å². The van der Waals surface area contributed by atoms with Crippen LogP contribution >= 0.6 is 0 Å². The fraction of sp³-hybridized carbons (Fsp3) is 0. The highest BCUT2D eigenvalue weighted by atomic mass is 16.5. The van der Waals surface area contributed by atoms with E-state index in [1.165, 1.54) is 22.3 Å². The molecule has 0 aliphatic carbocycles. The zero-order chi connectivity index (χ0) is 26.5. The molecule has 0 spiro atoms. The quantitative estimate of drug-likeness (QED) is 0.234. The van der Waals surface area contributed by atoms with Gasteiger partial charge in [0.25, 0.3) is 5.78 Å². The lowest BCUT2D eigenvalue weighted by molar-refractivity contribution is 0.524. The summed E-state index contributed by atoms with van der Waals surface area (Å²) in [5, 5.41) is 3.16. The van der Waals surface area contributed by atoms with E-state index in [1.807, 2.05) is 12.1 Å². The fourth-order valence-corrected chi connectivity index (χ4v) is 5.69. The van der Waals surface area contributed by atoms with Gasteiger partial charge in [-0.3, -0.25) is 0 Å². The molecule has 0 unspecified atom stereocenters. The van der Waals surface area contributed by atoms with Gasteiger partial charge in [0.15, 0.2) is 0 Å². The molecule has 2 nitrogen and oxygen atoms in total. The van der Waals surface area contributed by atoms with Crippen molar-refractivity contribution in [1.82, 2.24) is 0 Å². The molecule has 0 aliphatic heterocycles. The SMILES string of the molecule is c1ccc(-c2cccc(-c3ccc4c(c3)oc3oc5cc(-c6cccc(-c7ccccc7)c6)ccc5c34)c2)cc1. The van der Waals surface area contributed by atoms with E-state index in [-0.39, 0.29) is 0 Å². The average molecular weight is 513 g/mol. The highest BCUT2D eigenvalue weighted by Crippen LogP contribution is 2.40. The Balaban J connectivity index is 1.18. The molecular weight excluding hydrogens is 488 g/mol. The van der Waals surface area contributed by atoms with Crippen molar-refractivity contribution in [3.63, 3.8) is 0 Å². The summed E-state index contributed by atoms with van der Waals surface area (Å²) < 4.78 is 12.5. The van der Waals surface area contributed by atoms with Gasteiger partial charge in [0.05, 0.1) is 5.39 Å². The lowest BCUT2D eigenvalue weighted by Crippen LogP contribution is -1.82. The van der Waals surface area contributed by atoms with Crippen LogP contribution < -0.4 is 0 Å². The van der Waals surface area contributed by atoms with E-state index in [2.05, 4.69) is 133 Å². The Morgan fingerprint density at radius 1 is 0.300 bits per heavy atom. The molecule has 8 rings (SSSR count). The number of hydrogen-bond donors (Lipinski definition) is 0. The van der Waals surface area contributed by atoms with Crippen LogP contribution in [0.25, 0.3) is 77.6 Å². The van der Waals surface area contributed by atoms with Crippen LogP contribution in [0, 0.1) is 0 Å². The van der Waals surface area contributed by atoms with Crippen LogP contribution in [0.15, 0.2) is 154 Å². The molecular formula is C38H24O2. The molecule has 2 aromatic heterocycles. The molecule has 0 aliphatic rings. The third kappa shape index (κ3) is 3.81. The largest absolute Gasteiger partial charge is 0.425 e. The first-order valence-corrected chi connectivity index (χ1v) is 13.5. The minimum atomic E-state index is 0.565. The van der Waals surface area contributed by atoms with Crippen LogP contribution in [0.3, 0.4) is 0 Å². The first-order chi connectivity index (χ1) is 19.8. The van der Waals surface area contributed by atoms with Gasteiger partial charge in [-0.1, -0.05) is 109 Å². The summed E-state index contributed by atoms with van der Waals surface area (Å²) in [7, 11) is 0. The lowest BCUT2D eigenvalue weighted by atomic mass is 9.97. The molecule has 0 radical (unpaired) electrons. The van der Waals surface area contributed by atoms with Crippen LogP contribution in [-0.2, 0) is 0 Å². The van der Waals surface area contributed by atoms with Crippen molar-refractivity contribution in [2.45, 2.75) is 0 Å². The minimum absolute atomic E-state index is 0.565. The maximum absolute atomic E-state index is 6.27. The van der Waals surface area contributed by atoms with E-state index in [0.29, 0.717) is 5.78 Å². The van der Waals surface area contributed by atoms with Gasteiger partial charge in [-0.25, -0.2) is 0 Å². The molecule has 0 fully saturated rings. The van der Waals surface area contributed by atoms with E-state index in [1.54, 1.807) is 0 Å². The van der Waals surface area contributed by atoms with Crippen molar-refractivity contribution in [1.29, 1.82) is 0 Å². The van der Waals surface area contributed by atoms with Crippen LogP contribution in [0.4, 0.5) is 0 Å². The van der Waals surface area contributed by atoms with Crippen LogP contribution in [0.1, 0.15) is 0 Å². The predicted molar refractivity (Wildman–Crippen MR) is 165 cm³/mol. The maximum atomic E-state index is 6.27. The van der Waals surface area contributed by atoms with Crippen LogP contribution in [0.2, 0.25) is 0 Å². The van der Waals surface area contributed by atoms with Gasteiger partial charge in [-0.05, 0) is 80.9 Å². The Labute approximate surface area is 231 Å². The molecule has 0 saturated carbocycles. The topological polar surface area (TPSA) is 26.3 Å². The van der Waals surface area contributed by atoms with Gasteiger partial charge in [0.2, 0.25) is 0 Å². The molecule has 0 N–H and O–H groups in total. The highest BCUT2D eigenvalue weighted by Gasteiger charge is 2.17. The molecule has 0 amide bonds. The van der Waals surface area contributed by atoms with E-state index < -0.39 is 0 Å². The summed E-state index contributed by atoms with van der Waals surface area (Å²) >= 11 is 0. The summed E-state index contributed by atoms with van der Waals surface area (Å²) in [5.74, 6) is 0.565.